The maximum absolute atomic E-state index is 6.26. The van der Waals surface area contributed by atoms with Gasteiger partial charge in [0.2, 0.25) is 0 Å². The van der Waals surface area contributed by atoms with Crippen LogP contribution < -0.4 is 11.1 Å². The average Bonchev–Trinajstić information content (AvgIpc) is 2.74. The molecule has 1 aliphatic rings. The maximum atomic E-state index is 6.26. The number of nitrogens with zero attached hydrogens (tertiary/aromatic N) is 1. The van der Waals surface area contributed by atoms with E-state index in [9.17, 15) is 0 Å². The maximum Gasteiger partial charge on any atom is 0.132 e. The Kier molecular flexibility index (Phi) is 7.87. The molecule has 0 saturated carbocycles. The highest BCUT2D eigenvalue weighted by Gasteiger charge is 2.23. The molecule has 0 aromatic carbocycles. The first-order valence-electron chi connectivity index (χ1n) is 8.81. The van der Waals surface area contributed by atoms with Crippen molar-refractivity contribution in [2.24, 2.45) is 22.6 Å². The van der Waals surface area contributed by atoms with Crippen LogP contribution in [0.2, 0.25) is 0 Å². The smallest absolute Gasteiger partial charge is 0.132 e. The van der Waals surface area contributed by atoms with Crippen molar-refractivity contribution in [1.29, 1.82) is 0 Å². The van der Waals surface area contributed by atoms with Gasteiger partial charge in [0.15, 0.2) is 0 Å². The average molecular weight is 316 g/mol. The minimum atomic E-state index is 0.479. The van der Waals surface area contributed by atoms with E-state index in [-0.39, 0.29) is 0 Å². The van der Waals surface area contributed by atoms with Crippen LogP contribution >= 0.6 is 0 Å². The molecule has 3 nitrogen and oxygen atoms in total. The second-order valence-corrected chi connectivity index (χ2v) is 6.16. The summed E-state index contributed by atoms with van der Waals surface area (Å²) in [5, 5.41) is 3.11. The van der Waals surface area contributed by atoms with E-state index in [1.165, 1.54) is 24.8 Å². The minimum Gasteiger partial charge on any atom is -0.398 e. The fourth-order valence-electron chi connectivity index (χ4n) is 3.12. The molecule has 1 heterocycles. The standard InChI is InChI=1S/C20H33N3/c1-7-15(8-2)12-16(9-3)17-11-14(5)20(22-6)23-13-18(17)19(21)10-4/h10-11,13,15-16H,5,7-9,12,21H2,1-4,6H3,(H,22,23). The Bertz CT molecular complexity index is 531. The summed E-state index contributed by atoms with van der Waals surface area (Å²) in [7, 11) is 1.87. The molecule has 0 aromatic heterocycles. The van der Waals surface area contributed by atoms with Crippen LogP contribution in [0, 0.1) is 11.8 Å². The summed E-state index contributed by atoms with van der Waals surface area (Å²) < 4.78 is 0. The van der Waals surface area contributed by atoms with E-state index in [4.69, 9.17) is 5.73 Å². The lowest BCUT2D eigenvalue weighted by Gasteiger charge is -2.25. The van der Waals surface area contributed by atoms with Crippen LogP contribution in [0.15, 0.2) is 52.3 Å². The van der Waals surface area contributed by atoms with Gasteiger partial charge in [-0.1, -0.05) is 46.3 Å². The number of hydrogen-bond donors (Lipinski definition) is 2. The minimum absolute atomic E-state index is 0.479. The van der Waals surface area contributed by atoms with Gasteiger partial charge < -0.3 is 11.1 Å². The summed E-state index contributed by atoms with van der Waals surface area (Å²) >= 11 is 0. The Morgan fingerprint density at radius 3 is 2.43 bits per heavy atom. The quantitative estimate of drug-likeness (QED) is 0.715. The molecule has 3 N–H and O–H groups in total. The van der Waals surface area contributed by atoms with Gasteiger partial charge in [0.1, 0.15) is 5.84 Å². The van der Waals surface area contributed by atoms with Crippen molar-refractivity contribution in [1.82, 2.24) is 5.32 Å². The van der Waals surface area contributed by atoms with Gasteiger partial charge in [-0.15, -0.1) is 0 Å². The van der Waals surface area contributed by atoms with E-state index in [2.05, 4.69) is 43.7 Å². The van der Waals surface area contributed by atoms with Crippen LogP contribution in [0.5, 0.6) is 0 Å². The summed E-state index contributed by atoms with van der Waals surface area (Å²) in [6, 6.07) is 0. The van der Waals surface area contributed by atoms with E-state index >= 15 is 0 Å². The Balaban J connectivity index is 3.28. The van der Waals surface area contributed by atoms with Crippen LogP contribution in [-0.2, 0) is 0 Å². The molecule has 1 atom stereocenters. The predicted molar refractivity (Wildman–Crippen MR) is 102 cm³/mol. The van der Waals surface area contributed by atoms with Crippen molar-refractivity contribution in [3.63, 3.8) is 0 Å². The van der Waals surface area contributed by atoms with Gasteiger partial charge in [-0.05, 0) is 43.3 Å². The lowest BCUT2D eigenvalue weighted by atomic mass is 9.80. The summed E-state index contributed by atoms with van der Waals surface area (Å²) in [6.45, 7) is 13.0. The summed E-state index contributed by atoms with van der Waals surface area (Å²) in [4.78, 5) is 4.53. The molecular weight excluding hydrogens is 282 g/mol. The molecule has 0 saturated heterocycles. The van der Waals surface area contributed by atoms with Crippen LogP contribution in [0.4, 0.5) is 0 Å². The van der Waals surface area contributed by atoms with Crippen molar-refractivity contribution in [2.75, 3.05) is 7.05 Å². The summed E-state index contributed by atoms with van der Waals surface area (Å²) in [6.07, 6.45) is 10.7. The lowest BCUT2D eigenvalue weighted by Crippen LogP contribution is -2.19. The van der Waals surface area contributed by atoms with Gasteiger partial charge in [-0.2, -0.15) is 0 Å². The molecule has 0 bridgehead atoms. The monoisotopic (exact) mass is 315 g/mol. The van der Waals surface area contributed by atoms with Gasteiger partial charge in [0, 0.05) is 30.1 Å². The number of nitrogens with two attached hydrogens (primary N) is 1. The molecule has 1 rings (SSSR count). The van der Waals surface area contributed by atoms with E-state index in [1.807, 2.05) is 26.2 Å². The van der Waals surface area contributed by atoms with Crippen molar-refractivity contribution in [3.8, 4) is 0 Å². The number of amidine groups is 1. The van der Waals surface area contributed by atoms with E-state index < -0.39 is 0 Å². The zero-order valence-corrected chi connectivity index (χ0v) is 15.4. The highest BCUT2D eigenvalue weighted by molar-refractivity contribution is 6.01. The number of likely N-dealkylation sites (N-methyl/N-ethyl adjacent to an activating group) is 1. The van der Waals surface area contributed by atoms with Crippen LogP contribution in [0.1, 0.15) is 53.4 Å². The molecule has 0 aromatic rings. The molecule has 23 heavy (non-hydrogen) atoms. The number of aliphatic imine (C=N–C) groups is 1. The first-order valence-corrected chi connectivity index (χ1v) is 8.81. The molecule has 0 amide bonds. The third-order valence-electron chi connectivity index (χ3n) is 4.83. The van der Waals surface area contributed by atoms with Gasteiger partial charge in [-0.25, -0.2) is 4.99 Å². The van der Waals surface area contributed by atoms with E-state index in [0.29, 0.717) is 5.92 Å². The van der Waals surface area contributed by atoms with Crippen molar-refractivity contribution in [2.45, 2.75) is 53.4 Å². The Hall–Kier alpha value is -1.77. The summed E-state index contributed by atoms with van der Waals surface area (Å²) in [5.41, 5.74) is 10.3. The molecule has 1 unspecified atom stereocenters. The molecule has 0 radical (unpaired) electrons. The highest BCUT2D eigenvalue weighted by atomic mass is 15.0. The van der Waals surface area contributed by atoms with Crippen molar-refractivity contribution >= 4 is 5.84 Å². The molecule has 0 aliphatic carbocycles. The van der Waals surface area contributed by atoms with Gasteiger partial charge in [0.05, 0.1) is 0 Å². The second kappa shape index (κ2) is 9.39. The Morgan fingerprint density at radius 2 is 1.96 bits per heavy atom. The third-order valence-corrected chi connectivity index (χ3v) is 4.83. The molecule has 128 valence electrons. The zero-order chi connectivity index (χ0) is 17.4. The second-order valence-electron chi connectivity index (χ2n) is 6.16. The first-order chi connectivity index (χ1) is 11.0. The van der Waals surface area contributed by atoms with E-state index in [0.717, 1.165) is 35.0 Å². The molecular formula is C20H33N3. The molecule has 1 aliphatic heterocycles. The Morgan fingerprint density at radius 1 is 1.30 bits per heavy atom. The van der Waals surface area contributed by atoms with Crippen molar-refractivity contribution < 1.29 is 0 Å². The fourth-order valence-corrected chi connectivity index (χ4v) is 3.12. The summed E-state index contributed by atoms with van der Waals surface area (Å²) in [5.74, 6) is 2.03. The Labute approximate surface area is 142 Å². The van der Waals surface area contributed by atoms with Crippen LogP contribution in [0.3, 0.4) is 0 Å². The topological polar surface area (TPSA) is 50.4 Å². The third kappa shape index (κ3) is 4.85. The fraction of sp³-hybridized carbons (Fsp3) is 0.550. The highest BCUT2D eigenvalue weighted by Crippen LogP contribution is 2.34. The normalized spacial score (nSPS) is 17.4. The predicted octanol–water partition coefficient (Wildman–Crippen LogP) is 4.70. The largest absolute Gasteiger partial charge is 0.398 e. The van der Waals surface area contributed by atoms with Crippen molar-refractivity contribution in [3.05, 3.63) is 47.3 Å². The first kappa shape index (κ1) is 19.3. The number of hydrogen-bond acceptors (Lipinski definition) is 3. The van der Waals surface area contributed by atoms with Gasteiger partial charge >= 0.3 is 0 Å². The lowest BCUT2D eigenvalue weighted by molar-refractivity contribution is 0.379. The zero-order valence-electron chi connectivity index (χ0n) is 15.4. The van der Waals surface area contributed by atoms with Gasteiger partial charge in [-0.3, -0.25) is 0 Å². The SMILES string of the molecule is C=C1C=C(C(CC)CC(CC)CC)C(C(N)=CC)=CN=C1NC. The molecule has 0 spiro atoms. The van der Waals surface area contributed by atoms with Crippen LogP contribution in [0.25, 0.3) is 0 Å². The number of nitrogens with one attached hydrogen (secondary N) is 1. The molecule has 3 heteroatoms. The van der Waals surface area contributed by atoms with Crippen LogP contribution in [-0.4, -0.2) is 12.9 Å². The number of allylic oxidation sites excluding steroid dienone is 2. The van der Waals surface area contributed by atoms with E-state index in [1.54, 1.807) is 0 Å². The van der Waals surface area contributed by atoms with Gasteiger partial charge in [0.25, 0.3) is 0 Å². The number of rotatable bonds is 7. The molecule has 0 fully saturated rings.